The number of ether oxygens (including phenoxy) is 1. The van der Waals surface area contributed by atoms with Crippen LogP contribution in [0.2, 0.25) is 0 Å². The van der Waals surface area contributed by atoms with E-state index in [9.17, 15) is 0 Å². The van der Waals surface area contributed by atoms with E-state index in [-0.39, 0.29) is 0 Å². The van der Waals surface area contributed by atoms with E-state index in [4.69, 9.17) is 4.74 Å². The van der Waals surface area contributed by atoms with Gasteiger partial charge >= 0.3 is 0 Å². The third kappa shape index (κ3) is 3.73. The summed E-state index contributed by atoms with van der Waals surface area (Å²) in [5, 5.41) is 7.94. The molecule has 1 heterocycles. The molecule has 1 N–H and O–H groups in total. The van der Waals surface area contributed by atoms with Gasteiger partial charge in [-0.3, -0.25) is 4.68 Å². The number of nitrogens with one attached hydrogen (secondary N) is 1. The van der Waals surface area contributed by atoms with Crippen molar-refractivity contribution in [2.24, 2.45) is 5.92 Å². The Hall–Kier alpha value is -1.03. The van der Waals surface area contributed by atoms with E-state index in [0.717, 1.165) is 31.2 Å². The van der Waals surface area contributed by atoms with Crippen LogP contribution in [0.1, 0.15) is 52.3 Å². The largest absolute Gasteiger partial charge is 0.493 e. The lowest BCUT2D eigenvalue weighted by atomic mass is 10.0. The number of methoxy groups -OCH3 is 1. The second kappa shape index (κ2) is 7.41. The topological polar surface area (TPSA) is 39.1 Å². The molecule has 0 saturated heterocycles. The maximum Gasteiger partial charge on any atom is 0.161 e. The molecular weight excluding hydrogens is 226 g/mol. The van der Waals surface area contributed by atoms with Gasteiger partial charge in [0.2, 0.25) is 0 Å². The molecule has 0 aliphatic carbocycles. The van der Waals surface area contributed by atoms with Crippen molar-refractivity contribution in [3.05, 3.63) is 11.9 Å². The van der Waals surface area contributed by atoms with Gasteiger partial charge in [-0.15, -0.1) is 0 Å². The fourth-order valence-corrected chi connectivity index (χ4v) is 2.22. The Balaban J connectivity index is 2.91. The number of nitrogens with zero attached hydrogens (tertiary/aromatic N) is 2. The smallest absolute Gasteiger partial charge is 0.161 e. The number of aromatic nitrogens is 2. The first-order valence-electron chi connectivity index (χ1n) is 6.97. The first-order chi connectivity index (χ1) is 8.63. The molecule has 0 aliphatic rings. The summed E-state index contributed by atoms with van der Waals surface area (Å²) in [5.41, 5.74) is 1.18. The quantitative estimate of drug-likeness (QED) is 0.774. The van der Waals surface area contributed by atoms with Gasteiger partial charge in [0.05, 0.1) is 25.0 Å². The summed E-state index contributed by atoms with van der Waals surface area (Å²) < 4.78 is 7.47. The van der Waals surface area contributed by atoms with E-state index < -0.39 is 0 Å². The fourth-order valence-electron chi connectivity index (χ4n) is 2.22. The highest BCUT2D eigenvalue weighted by molar-refractivity contribution is 5.28. The molecule has 104 valence electrons. The molecule has 0 fully saturated rings. The van der Waals surface area contributed by atoms with Crippen molar-refractivity contribution in [1.82, 2.24) is 15.1 Å². The number of hydrogen-bond acceptors (Lipinski definition) is 3. The predicted octanol–water partition coefficient (Wildman–Crippen LogP) is 3.00. The van der Waals surface area contributed by atoms with Gasteiger partial charge in [0, 0.05) is 6.54 Å². The lowest BCUT2D eigenvalue weighted by Gasteiger charge is -2.21. The molecule has 0 saturated carbocycles. The third-order valence-electron chi connectivity index (χ3n) is 3.18. The van der Waals surface area contributed by atoms with Crippen LogP contribution >= 0.6 is 0 Å². The van der Waals surface area contributed by atoms with Crippen molar-refractivity contribution in [3.8, 4) is 5.75 Å². The second-order valence-electron chi connectivity index (χ2n) is 5.00. The molecule has 1 rings (SSSR count). The molecule has 18 heavy (non-hydrogen) atoms. The van der Waals surface area contributed by atoms with Gasteiger partial charge in [0.15, 0.2) is 5.75 Å². The minimum atomic E-state index is 0.329. The highest BCUT2D eigenvalue weighted by atomic mass is 16.5. The molecule has 0 aromatic carbocycles. The summed E-state index contributed by atoms with van der Waals surface area (Å²) in [6.07, 6.45) is 4.14. The van der Waals surface area contributed by atoms with Gasteiger partial charge in [-0.05, 0) is 32.2 Å². The van der Waals surface area contributed by atoms with E-state index in [1.54, 1.807) is 7.11 Å². The Morgan fingerprint density at radius 1 is 1.33 bits per heavy atom. The summed E-state index contributed by atoms with van der Waals surface area (Å²) in [5.74, 6) is 1.61. The second-order valence-corrected chi connectivity index (χ2v) is 5.00. The Bertz CT molecular complexity index is 325. The normalized spacial score (nSPS) is 13.0. The highest BCUT2D eigenvalue weighted by Crippen LogP contribution is 2.29. The van der Waals surface area contributed by atoms with Crippen LogP contribution in [-0.2, 0) is 6.54 Å². The van der Waals surface area contributed by atoms with Crippen LogP contribution in [0, 0.1) is 5.92 Å². The van der Waals surface area contributed by atoms with Crippen LogP contribution in [0.15, 0.2) is 6.20 Å². The van der Waals surface area contributed by atoms with Gasteiger partial charge in [-0.1, -0.05) is 20.8 Å². The van der Waals surface area contributed by atoms with Crippen molar-refractivity contribution >= 4 is 0 Å². The highest BCUT2D eigenvalue weighted by Gasteiger charge is 2.20. The van der Waals surface area contributed by atoms with Crippen molar-refractivity contribution in [3.63, 3.8) is 0 Å². The lowest BCUT2D eigenvalue weighted by Crippen LogP contribution is -2.24. The fraction of sp³-hybridized carbons (Fsp3) is 0.786. The van der Waals surface area contributed by atoms with Crippen LogP contribution in [-0.4, -0.2) is 23.4 Å². The molecule has 1 unspecified atom stereocenters. The summed E-state index contributed by atoms with van der Waals surface area (Å²) >= 11 is 0. The molecule has 0 amide bonds. The Labute approximate surface area is 111 Å². The lowest BCUT2D eigenvalue weighted by molar-refractivity contribution is 0.376. The predicted molar refractivity (Wildman–Crippen MR) is 74.9 cm³/mol. The third-order valence-corrected chi connectivity index (χ3v) is 3.18. The Morgan fingerprint density at radius 3 is 2.56 bits per heavy atom. The molecule has 0 aliphatic heterocycles. The number of rotatable bonds is 8. The van der Waals surface area contributed by atoms with Gasteiger partial charge in [0.1, 0.15) is 0 Å². The van der Waals surface area contributed by atoms with Crippen LogP contribution < -0.4 is 10.1 Å². The molecule has 1 aromatic heterocycles. The summed E-state index contributed by atoms with van der Waals surface area (Å²) in [4.78, 5) is 0. The molecule has 0 radical (unpaired) electrons. The van der Waals surface area contributed by atoms with E-state index in [2.05, 4.69) is 38.1 Å². The average Bonchev–Trinajstić information content (AvgIpc) is 2.76. The van der Waals surface area contributed by atoms with Gasteiger partial charge in [-0.2, -0.15) is 5.10 Å². The molecule has 4 heteroatoms. The molecule has 1 aromatic rings. The molecule has 4 nitrogen and oxygen atoms in total. The zero-order valence-corrected chi connectivity index (χ0v) is 12.4. The SMILES string of the molecule is CCNC(CCC(C)C)c1c(OC)cnn1CC. The van der Waals surface area contributed by atoms with Crippen molar-refractivity contribution in [1.29, 1.82) is 0 Å². The summed E-state index contributed by atoms with van der Waals surface area (Å²) in [6.45, 7) is 10.6. The monoisotopic (exact) mass is 253 g/mol. The standard InChI is InChI=1S/C14H27N3O/c1-6-15-12(9-8-11(3)4)14-13(18-5)10-16-17(14)7-2/h10-12,15H,6-9H2,1-5H3. The van der Waals surface area contributed by atoms with Crippen LogP contribution in [0.3, 0.4) is 0 Å². The zero-order chi connectivity index (χ0) is 13.5. The Kier molecular flexibility index (Phi) is 6.19. The van der Waals surface area contributed by atoms with E-state index >= 15 is 0 Å². The molecule has 1 atom stereocenters. The molecule has 0 spiro atoms. The summed E-state index contributed by atoms with van der Waals surface area (Å²) in [7, 11) is 1.71. The maximum absolute atomic E-state index is 5.44. The zero-order valence-electron chi connectivity index (χ0n) is 12.4. The van der Waals surface area contributed by atoms with Crippen molar-refractivity contribution in [2.75, 3.05) is 13.7 Å². The molecule has 0 bridgehead atoms. The first kappa shape index (κ1) is 15.0. The summed E-state index contributed by atoms with van der Waals surface area (Å²) in [6, 6.07) is 0.329. The van der Waals surface area contributed by atoms with Crippen molar-refractivity contribution in [2.45, 2.75) is 53.1 Å². The number of aryl methyl sites for hydroxylation is 1. The van der Waals surface area contributed by atoms with Crippen molar-refractivity contribution < 1.29 is 4.74 Å². The van der Waals surface area contributed by atoms with Crippen LogP contribution in [0.5, 0.6) is 5.75 Å². The number of hydrogen-bond donors (Lipinski definition) is 1. The first-order valence-corrected chi connectivity index (χ1v) is 6.97. The van der Waals surface area contributed by atoms with E-state index in [1.807, 2.05) is 10.9 Å². The van der Waals surface area contributed by atoms with Crippen LogP contribution in [0.4, 0.5) is 0 Å². The van der Waals surface area contributed by atoms with Gasteiger partial charge in [0.25, 0.3) is 0 Å². The minimum Gasteiger partial charge on any atom is -0.493 e. The van der Waals surface area contributed by atoms with Crippen LogP contribution in [0.25, 0.3) is 0 Å². The van der Waals surface area contributed by atoms with E-state index in [0.29, 0.717) is 6.04 Å². The maximum atomic E-state index is 5.44. The van der Waals surface area contributed by atoms with E-state index in [1.165, 1.54) is 12.1 Å². The minimum absolute atomic E-state index is 0.329. The van der Waals surface area contributed by atoms with Gasteiger partial charge < -0.3 is 10.1 Å². The molecular formula is C14H27N3O. The average molecular weight is 253 g/mol. The van der Waals surface area contributed by atoms with Gasteiger partial charge in [-0.25, -0.2) is 0 Å². The Morgan fingerprint density at radius 2 is 2.06 bits per heavy atom.